The summed E-state index contributed by atoms with van der Waals surface area (Å²) in [6.45, 7) is 0. The zero-order chi connectivity index (χ0) is 40.8. The van der Waals surface area contributed by atoms with Crippen molar-refractivity contribution in [2.75, 3.05) is 0 Å². The molecule has 2 aliphatic rings. The third-order valence-corrected chi connectivity index (χ3v) is 13.0. The van der Waals surface area contributed by atoms with Gasteiger partial charge in [-0.1, -0.05) is 182 Å². The molecule has 0 N–H and O–H groups in total. The van der Waals surface area contributed by atoms with Crippen LogP contribution in [0.4, 0.5) is 0 Å². The molecule has 0 saturated carbocycles. The van der Waals surface area contributed by atoms with Gasteiger partial charge in [0.05, 0.1) is 16.4 Å². The van der Waals surface area contributed by atoms with Gasteiger partial charge in [0.15, 0.2) is 17.5 Å². The Morgan fingerprint density at radius 1 is 0.290 bits per heavy atom. The molecule has 1 spiro atoms. The quantitative estimate of drug-likeness (QED) is 0.174. The predicted molar refractivity (Wildman–Crippen MR) is 252 cm³/mol. The van der Waals surface area contributed by atoms with Crippen LogP contribution in [0.2, 0.25) is 0 Å². The fraction of sp³-hybridized carbons (Fsp3) is 0.0172. The molecule has 13 rings (SSSR count). The summed E-state index contributed by atoms with van der Waals surface area (Å²) in [6.07, 6.45) is 0. The molecular weight excluding hydrogens is 753 g/mol. The lowest BCUT2D eigenvalue weighted by atomic mass is 9.70. The van der Waals surface area contributed by atoms with E-state index in [1.54, 1.807) is 0 Å². The van der Waals surface area contributed by atoms with E-state index in [9.17, 15) is 0 Å². The normalized spacial score (nSPS) is 13.0. The van der Waals surface area contributed by atoms with Gasteiger partial charge in [0.1, 0.15) is 0 Å². The summed E-state index contributed by atoms with van der Waals surface area (Å²) in [7, 11) is 0. The topological polar surface area (TPSA) is 43.6 Å². The molecule has 0 atom stereocenters. The number of rotatable bonds is 5. The third-order valence-electron chi connectivity index (χ3n) is 13.0. The summed E-state index contributed by atoms with van der Waals surface area (Å²) in [5.74, 6) is 1.93. The molecule has 0 radical (unpaired) electrons. The highest BCUT2D eigenvalue weighted by molar-refractivity contribution is 6.12. The van der Waals surface area contributed by atoms with Crippen LogP contribution < -0.4 is 0 Å². The molecule has 0 bridgehead atoms. The van der Waals surface area contributed by atoms with Gasteiger partial charge in [-0.25, -0.2) is 15.0 Å². The largest absolute Gasteiger partial charge is 0.309 e. The molecule has 62 heavy (non-hydrogen) atoms. The molecule has 0 saturated heterocycles. The van der Waals surface area contributed by atoms with Crippen LogP contribution in [0.5, 0.6) is 0 Å². The minimum absolute atomic E-state index is 0.399. The van der Waals surface area contributed by atoms with Crippen molar-refractivity contribution in [1.82, 2.24) is 19.5 Å². The maximum atomic E-state index is 5.03. The van der Waals surface area contributed by atoms with Crippen LogP contribution in [0.1, 0.15) is 22.3 Å². The van der Waals surface area contributed by atoms with E-state index in [0.717, 1.165) is 33.5 Å². The number of hydrogen-bond donors (Lipinski definition) is 0. The van der Waals surface area contributed by atoms with Gasteiger partial charge in [-0.05, 0) is 92.0 Å². The van der Waals surface area contributed by atoms with Crippen LogP contribution in [0.25, 0.3) is 95.0 Å². The zero-order valence-electron chi connectivity index (χ0n) is 33.6. The molecular formula is C58H36N4. The highest BCUT2D eigenvalue weighted by atomic mass is 15.0. The standard InChI is InChI=1S/C58H36N4/c1-3-17-37(18-4-1)55-59-56(38-19-5-2-6-20-38)61-57(60-55)41-23-15-21-39(33-41)40-22-16-24-42(34-40)62-53-32-14-10-28-46(53)48-35-52-47(36-54(48)62)45-27-9-13-31-51(45)58(52)49-29-11-7-25-43(49)44-26-8-12-30-50(44)58/h1-36H. The van der Waals surface area contributed by atoms with E-state index in [4.69, 9.17) is 15.0 Å². The van der Waals surface area contributed by atoms with Crippen LogP contribution >= 0.6 is 0 Å². The van der Waals surface area contributed by atoms with Gasteiger partial charge in [-0.3, -0.25) is 0 Å². The first-order chi connectivity index (χ1) is 30.7. The Hall–Kier alpha value is -8.21. The molecule has 2 aromatic heterocycles. The van der Waals surface area contributed by atoms with Crippen LogP contribution in [0.15, 0.2) is 218 Å². The van der Waals surface area contributed by atoms with E-state index >= 15 is 0 Å². The summed E-state index contributed by atoms with van der Waals surface area (Å²) >= 11 is 0. The Morgan fingerprint density at radius 3 is 1.39 bits per heavy atom. The average molecular weight is 789 g/mol. The van der Waals surface area contributed by atoms with Crippen molar-refractivity contribution in [3.05, 3.63) is 241 Å². The smallest absolute Gasteiger partial charge is 0.164 e. The zero-order valence-corrected chi connectivity index (χ0v) is 33.6. The Bertz CT molecular complexity index is 3480. The van der Waals surface area contributed by atoms with Crippen molar-refractivity contribution < 1.29 is 0 Å². The minimum atomic E-state index is -0.399. The van der Waals surface area contributed by atoms with E-state index in [1.807, 2.05) is 60.7 Å². The van der Waals surface area contributed by atoms with Gasteiger partial charge in [0.25, 0.3) is 0 Å². The number of benzene rings is 9. The number of hydrogen-bond acceptors (Lipinski definition) is 3. The van der Waals surface area contributed by atoms with Crippen LogP contribution in [0.3, 0.4) is 0 Å². The van der Waals surface area contributed by atoms with Gasteiger partial charge in [0.2, 0.25) is 0 Å². The summed E-state index contributed by atoms with van der Waals surface area (Å²) < 4.78 is 2.45. The molecule has 0 unspecified atom stereocenters. The Kier molecular flexibility index (Phi) is 7.49. The number of fused-ring (bicyclic) bond motifs is 13. The van der Waals surface area contributed by atoms with Crippen LogP contribution in [-0.2, 0) is 5.41 Å². The van der Waals surface area contributed by atoms with E-state index in [-0.39, 0.29) is 0 Å². The summed E-state index contributed by atoms with van der Waals surface area (Å²) in [5.41, 5.74) is 18.7. The number of nitrogens with zero attached hydrogens (tertiary/aromatic N) is 4. The van der Waals surface area contributed by atoms with Crippen molar-refractivity contribution in [3.63, 3.8) is 0 Å². The van der Waals surface area contributed by atoms with Crippen molar-refractivity contribution in [3.8, 4) is 73.2 Å². The van der Waals surface area contributed by atoms with Crippen molar-refractivity contribution in [1.29, 1.82) is 0 Å². The second-order valence-electron chi connectivity index (χ2n) is 16.3. The first kappa shape index (κ1) is 34.6. The van der Waals surface area contributed by atoms with Crippen molar-refractivity contribution in [2.24, 2.45) is 0 Å². The lowest BCUT2D eigenvalue weighted by Crippen LogP contribution is -2.25. The highest BCUT2D eigenvalue weighted by Gasteiger charge is 2.51. The first-order valence-corrected chi connectivity index (χ1v) is 21.2. The molecule has 0 fully saturated rings. The fourth-order valence-electron chi connectivity index (χ4n) is 10.4. The van der Waals surface area contributed by atoms with E-state index in [0.29, 0.717) is 17.5 Å². The maximum Gasteiger partial charge on any atom is 0.164 e. The second-order valence-corrected chi connectivity index (χ2v) is 16.3. The van der Waals surface area contributed by atoms with Crippen molar-refractivity contribution in [2.45, 2.75) is 5.41 Å². The van der Waals surface area contributed by atoms with Crippen LogP contribution in [-0.4, -0.2) is 19.5 Å². The fourth-order valence-corrected chi connectivity index (χ4v) is 10.4. The predicted octanol–water partition coefficient (Wildman–Crippen LogP) is 14.0. The van der Waals surface area contributed by atoms with Gasteiger partial charge >= 0.3 is 0 Å². The molecule has 11 aromatic rings. The Balaban J connectivity index is 0.980. The van der Waals surface area contributed by atoms with E-state index in [1.165, 1.54) is 66.3 Å². The van der Waals surface area contributed by atoms with E-state index in [2.05, 4.69) is 162 Å². The SMILES string of the molecule is c1ccc(-c2nc(-c3ccccc3)nc(-c3cccc(-c4cccc(-n5c6ccccc6c6cc7c(cc65)-c5ccccc5C75c6ccccc6-c6ccccc65)c4)c3)n2)cc1. The van der Waals surface area contributed by atoms with Gasteiger partial charge in [-0.15, -0.1) is 0 Å². The lowest BCUT2D eigenvalue weighted by Gasteiger charge is -2.30. The van der Waals surface area contributed by atoms with Crippen molar-refractivity contribution >= 4 is 21.8 Å². The third kappa shape index (κ3) is 4.98. The summed E-state index contributed by atoms with van der Waals surface area (Å²) in [6, 6.07) is 78.7. The molecule has 4 heteroatoms. The van der Waals surface area contributed by atoms with Crippen LogP contribution in [0, 0.1) is 0 Å². The monoisotopic (exact) mass is 788 g/mol. The Labute approximate surface area is 359 Å². The Morgan fingerprint density at radius 2 is 0.758 bits per heavy atom. The molecule has 0 amide bonds. The van der Waals surface area contributed by atoms with E-state index < -0.39 is 5.41 Å². The number of aromatic nitrogens is 4. The van der Waals surface area contributed by atoms with Gasteiger partial charge in [0, 0.05) is 33.2 Å². The molecule has 4 nitrogen and oxygen atoms in total. The highest BCUT2D eigenvalue weighted by Crippen LogP contribution is 2.63. The molecule has 2 aliphatic carbocycles. The second kappa shape index (κ2) is 13.4. The lowest BCUT2D eigenvalue weighted by molar-refractivity contribution is 0.795. The van der Waals surface area contributed by atoms with Gasteiger partial charge in [-0.2, -0.15) is 0 Å². The maximum absolute atomic E-state index is 5.03. The molecule has 9 aromatic carbocycles. The summed E-state index contributed by atoms with van der Waals surface area (Å²) in [5, 5.41) is 2.49. The summed E-state index contributed by atoms with van der Waals surface area (Å²) in [4.78, 5) is 15.0. The molecule has 2 heterocycles. The molecule has 0 aliphatic heterocycles. The average Bonchev–Trinajstić information content (AvgIpc) is 3.95. The minimum Gasteiger partial charge on any atom is -0.309 e. The molecule has 288 valence electrons. The van der Waals surface area contributed by atoms with Gasteiger partial charge < -0.3 is 4.57 Å². The number of para-hydroxylation sites is 1. The first-order valence-electron chi connectivity index (χ1n) is 21.2.